The fourth-order valence-corrected chi connectivity index (χ4v) is 2.27. The van der Waals surface area contributed by atoms with E-state index in [1.54, 1.807) is 0 Å². The lowest BCUT2D eigenvalue weighted by molar-refractivity contribution is 0.599. The van der Waals surface area contributed by atoms with Crippen molar-refractivity contribution in [3.05, 3.63) is 17.1 Å². The average Bonchev–Trinajstić information content (AvgIpc) is 2.27. The predicted octanol–water partition coefficient (Wildman–Crippen LogP) is 1.71. The molecule has 0 saturated carbocycles. The number of aromatic nitrogens is 2. The van der Waals surface area contributed by atoms with Crippen molar-refractivity contribution in [3.63, 3.8) is 0 Å². The van der Waals surface area contributed by atoms with Crippen molar-refractivity contribution in [3.8, 4) is 0 Å². The Labute approximate surface area is 109 Å². The largest absolute Gasteiger partial charge is 0.370 e. The van der Waals surface area contributed by atoms with Gasteiger partial charge >= 0.3 is 0 Å². The van der Waals surface area contributed by atoms with Crippen LogP contribution in [0.3, 0.4) is 0 Å². The van der Waals surface area contributed by atoms with Gasteiger partial charge in [-0.2, -0.15) is 0 Å². The SMILES string of the molecule is CCCNc1nc(CS(C)(=O)=O)nc(CC)c1C. The molecule has 1 aromatic rings. The van der Waals surface area contributed by atoms with Crippen LogP contribution in [0, 0.1) is 6.92 Å². The molecule has 1 N–H and O–H groups in total. The zero-order valence-electron chi connectivity index (χ0n) is 11.4. The number of anilines is 1. The highest BCUT2D eigenvalue weighted by molar-refractivity contribution is 7.89. The molecule has 0 saturated heterocycles. The zero-order chi connectivity index (χ0) is 13.8. The van der Waals surface area contributed by atoms with Crippen molar-refractivity contribution in [2.75, 3.05) is 18.1 Å². The van der Waals surface area contributed by atoms with Crippen LogP contribution in [0.2, 0.25) is 0 Å². The highest BCUT2D eigenvalue weighted by atomic mass is 32.2. The lowest BCUT2D eigenvalue weighted by Gasteiger charge is -2.12. The molecular formula is C12H21N3O2S. The van der Waals surface area contributed by atoms with Gasteiger partial charge in [0.1, 0.15) is 17.4 Å². The number of hydrogen-bond acceptors (Lipinski definition) is 5. The van der Waals surface area contributed by atoms with Gasteiger partial charge in [0.15, 0.2) is 9.84 Å². The van der Waals surface area contributed by atoms with Crippen LogP contribution in [0.4, 0.5) is 5.82 Å². The van der Waals surface area contributed by atoms with E-state index < -0.39 is 9.84 Å². The Kier molecular flexibility index (Phi) is 5.07. The van der Waals surface area contributed by atoms with Gasteiger partial charge in [-0.3, -0.25) is 0 Å². The molecule has 0 bridgehead atoms. The van der Waals surface area contributed by atoms with Crippen LogP contribution >= 0.6 is 0 Å². The van der Waals surface area contributed by atoms with Crippen LogP contribution in [-0.2, 0) is 22.0 Å². The van der Waals surface area contributed by atoms with Crippen molar-refractivity contribution < 1.29 is 8.42 Å². The van der Waals surface area contributed by atoms with Gasteiger partial charge in [-0.1, -0.05) is 13.8 Å². The van der Waals surface area contributed by atoms with Gasteiger partial charge in [0.25, 0.3) is 0 Å². The summed E-state index contributed by atoms with van der Waals surface area (Å²) < 4.78 is 22.6. The molecule has 0 atom stereocenters. The molecule has 0 aliphatic heterocycles. The van der Waals surface area contributed by atoms with E-state index in [-0.39, 0.29) is 5.75 Å². The van der Waals surface area contributed by atoms with E-state index in [1.165, 1.54) is 6.26 Å². The van der Waals surface area contributed by atoms with E-state index in [9.17, 15) is 8.42 Å². The third kappa shape index (κ3) is 4.25. The Morgan fingerprint density at radius 2 is 1.89 bits per heavy atom. The third-order valence-corrected chi connectivity index (χ3v) is 3.34. The first-order chi connectivity index (χ1) is 8.37. The molecule has 0 fully saturated rings. The van der Waals surface area contributed by atoms with E-state index in [0.29, 0.717) is 5.82 Å². The van der Waals surface area contributed by atoms with Crippen LogP contribution in [-0.4, -0.2) is 31.2 Å². The fourth-order valence-electron chi connectivity index (χ4n) is 1.67. The number of nitrogens with zero attached hydrogens (tertiary/aromatic N) is 2. The van der Waals surface area contributed by atoms with Gasteiger partial charge in [-0.25, -0.2) is 18.4 Å². The summed E-state index contributed by atoms with van der Waals surface area (Å²) in [6, 6.07) is 0. The van der Waals surface area contributed by atoms with Crippen LogP contribution < -0.4 is 5.32 Å². The minimum atomic E-state index is -3.11. The van der Waals surface area contributed by atoms with Gasteiger partial charge in [-0.05, 0) is 19.8 Å². The maximum Gasteiger partial charge on any atom is 0.154 e. The third-order valence-electron chi connectivity index (χ3n) is 2.56. The molecule has 0 radical (unpaired) electrons. The monoisotopic (exact) mass is 271 g/mol. The molecule has 1 heterocycles. The molecule has 0 aromatic carbocycles. The maximum atomic E-state index is 11.3. The summed E-state index contributed by atoms with van der Waals surface area (Å²) in [7, 11) is -3.11. The van der Waals surface area contributed by atoms with Crippen molar-refractivity contribution in [2.45, 2.75) is 39.4 Å². The standard InChI is InChI=1S/C12H21N3O2S/c1-5-7-13-12-9(3)10(6-2)14-11(15-12)8-18(4,16)17/h5-8H2,1-4H3,(H,13,14,15). The minimum Gasteiger partial charge on any atom is -0.370 e. The van der Waals surface area contributed by atoms with Crippen molar-refractivity contribution >= 4 is 15.7 Å². The smallest absolute Gasteiger partial charge is 0.154 e. The molecule has 0 aliphatic rings. The molecular weight excluding hydrogens is 250 g/mol. The summed E-state index contributed by atoms with van der Waals surface area (Å²) in [6.45, 7) is 6.85. The van der Waals surface area contributed by atoms with Crippen LogP contribution in [0.15, 0.2) is 0 Å². The topological polar surface area (TPSA) is 72.0 Å². The number of sulfone groups is 1. The predicted molar refractivity (Wildman–Crippen MR) is 73.5 cm³/mol. The lowest BCUT2D eigenvalue weighted by Crippen LogP contribution is -2.12. The number of aryl methyl sites for hydroxylation is 1. The summed E-state index contributed by atoms with van der Waals surface area (Å²) in [4.78, 5) is 8.62. The highest BCUT2D eigenvalue weighted by Gasteiger charge is 2.13. The Morgan fingerprint density at radius 1 is 1.22 bits per heavy atom. The fraction of sp³-hybridized carbons (Fsp3) is 0.667. The number of nitrogens with one attached hydrogen (secondary N) is 1. The second-order valence-electron chi connectivity index (χ2n) is 4.41. The van der Waals surface area contributed by atoms with Crippen molar-refractivity contribution in [2.24, 2.45) is 0 Å². The summed E-state index contributed by atoms with van der Waals surface area (Å²) in [6.07, 6.45) is 2.96. The number of hydrogen-bond donors (Lipinski definition) is 1. The second-order valence-corrected chi connectivity index (χ2v) is 6.55. The first-order valence-corrected chi connectivity index (χ1v) is 8.21. The molecule has 0 aliphatic carbocycles. The first-order valence-electron chi connectivity index (χ1n) is 6.15. The Hall–Kier alpha value is -1.17. The van der Waals surface area contributed by atoms with E-state index in [1.807, 2.05) is 13.8 Å². The summed E-state index contributed by atoms with van der Waals surface area (Å²) in [5, 5.41) is 3.22. The molecule has 1 rings (SSSR count). The molecule has 0 spiro atoms. The lowest BCUT2D eigenvalue weighted by atomic mass is 10.2. The quantitative estimate of drug-likeness (QED) is 0.853. The molecule has 18 heavy (non-hydrogen) atoms. The average molecular weight is 271 g/mol. The van der Waals surface area contributed by atoms with E-state index in [2.05, 4.69) is 22.2 Å². The second kappa shape index (κ2) is 6.13. The van der Waals surface area contributed by atoms with Crippen LogP contribution in [0.5, 0.6) is 0 Å². The molecule has 102 valence electrons. The molecule has 0 amide bonds. The van der Waals surface area contributed by atoms with E-state index in [0.717, 1.165) is 36.5 Å². The van der Waals surface area contributed by atoms with Gasteiger partial charge in [0.05, 0.1) is 0 Å². The highest BCUT2D eigenvalue weighted by Crippen LogP contribution is 2.17. The van der Waals surface area contributed by atoms with Crippen molar-refractivity contribution in [1.29, 1.82) is 0 Å². The van der Waals surface area contributed by atoms with Gasteiger partial charge in [0, 0.05) is 24.1 Å². The molecule has 1 aromatic heterocycles. The molecule has 5 nitrogen and oxygen atoms in total. The summed E-state index contributed by atoms with van der Waals surface area (Å²) in [5.74, 6) is 1.02. The van der Waals surface area contributed by atoms with Gasteiger partial charge in [0.2, 0.25) is 0 Å². The van der Waals surface area contributed by atoms with Gasteiger partial charge < -0.3 is 5.32 Å². The molecule has 0 unspecified atom stereocenters. The van der Waals surface area contributed by atoms with E-state index >= 15 is 0 Å². The zero-order valence-corrected chi connectivity index (χ0v) is 12.3. The van der Waals surface area contributed by atoms with Gasteiger partial charge in [-0.15, -0.1) is 0 Å². The number of rotatable bonds is 6. The Bertz CT molecular complexity index is 512. The first kappa shape index (κ1) is 14.9. The summed E-state index contributed by atoms with van der Waals surface area (Å²) >= 11 is 0. The van der Waals surface area contributed by atoms with E-state index in [4.69, 9.17) is 0 Å². The van der Waals surface area contributed by atoms with Crippen LogP contribution in [0.1, 0.15) is 37.4 Å². The van der Waals surface area contributed by atoms with Crippen molar-refractivity contribution in [1.82, 2.24) is 9.97 Å². The Morgan fingerprint density at radius 3 is 2.39 bits per heavy atom. The molecule has 6 heteroatoms. The minimum absolute atomic E-state index is 0.110. The van der Waals surface area contributed by atoms with Crippen LogP contribution in [0.25, 0.3) is 0 Å². The maximum absolute atomic E-state index is 11.3. The summed E-state index contributed by atoms with van der Waals surface area (Å²) in [5.41, 5.74) is 1.91. The normalized spacial score (nSPS) is 11.6. The Balaban J connectivity index is 3.13.